The first-order valence-corrected chi connectivity index (χ1v) is 6.58. The number of rotatable bonds is 5. The molecule has 2 heteroatoms. The minimum Gasteiger partial charge on any atom is -0.391 e. The number of hydrogen-bond donors (Lipinski definition) is 0. The Kier molecular flexibility index (Phi) is 4.73. The van der Waals surface area contributed by atoms with Gasteiger partial charge in [0.25, 0.3) is 0 Å². The van der Waals surface area contributed by atoms with E-state index in [4.69, 9.17) is 4.84 Å². The van der Waals surface area contributed by atoms with E-state index in [0.717, 1.165) is 12.0 Å². The van der Waals surface area contributed by atoms with Crippen LogP contribution in [0.5, 0.6) is 0 Å². The van der Waals surface area contributed by atoms with Crippen molar-refractivity contribution in [1.82, 2.24) is 0 Å². The molecule has 0 saturated carbocycles. The molecule has 0 N–H and O–H groups in total. The van der Waals surface area contributed by atoms with E-state index in [0.29, 0.717) is 6.61 Å². The highest BCUT2D eigenvalue weighted by atomic mass is 16.6. The highest BCUT2D eigenvalue weighted by Gasteiger charge is 1.96. The van der Waals surface area contributed by atoms with Crippen LogP contribution < -0.4 is 0 Å². The van der Waals surface area contributed by atoms with Crippen molar-refractivity contribution in [1.29, 1.82) is 0 Å². The molecule has 98 valence electrons. The molecule has 0 aliphatic rings. The lowest BCUT2D eigenvalue weighted by molar-refractivity contribution is 0.131. The van der Waals surface area contributed by atoms with Crippen molar-refractivity contribution < 1.29 is 4.84 Å². The second-order valence-corrected chi connectivity index (χ2v) is 4.53. The van der Waals surface area contributed by atoms with E-state index in [1.165, 1.54) is 16.7 Å². The van der Waals surface area contributed by atoms with Crippen LogP contribution in [0, 0.1) is 6.92 Å². The van der Waals surface area contributed by atoms with Gasteiger partial charge in [-0.05, 0) is 35.6 Å². The summed E-state index contributed by atoms with van der Waals surface area (Å²) in [6, 6.07) is 16.5. The maximum Gasteiger partial charge on any atom is 0.142 e. The van der Waals surface area contributed by atoms with Gasteiger partial charge in [0.1, 0.15) is 6.61 Å². The molecule has 2 nitrogen and oxygen atoms in total. The number of aryl methyl sites for hydroxylation is 2. The summed E-state index contributed by atoms with van der Waals surface area (Å²) in [5, 5.41) is 4.01. The zero-order valence-corrected chi connectivity index (χ0v) is 11.5. The lowest BCUT2D eigenvalue weighted by atomic mass is 10.1. The van der Waals surface area contributed by atoms with Crippen LogP contribution in [0.4, 0.5) is 0 Å². The van der Waals surface area contributed by atoms with E-state index in [-0.39, 0.29) is 0 Å². The predicted molar refractivity (Wildman–Crippen MR) is 79.4 cm³/mol. The minimum atomic E-state index is 0.510. The molecule has 0 amide bonds. The number of nitrogens with zero attached hydrogens (tertiary/aromatic N) is 1. The Morgan fingerprint density at radius 1 is 1.05 bits per heavy atom. The quantitative estimate of drug-likeness (QED) is 0.580. The lowest BCUT2D eigenvalue weighted by Crippen LogP contribution is -1.91. The zero-order chi connectivity index (χ0) is 13.5. The van der Waals surface area contributed by atoms with Gasteiger partial charge in [-0.3, -0.25) is 0 Å². The molecule has 2 aromatic carbocycles. The summed E-state index contributed by atoms with van der Waals surface area (Å²) in [5.41, 5.74) is 4.78. The van der Waals surface area contributed by atoms with Gasteiger partial charge in [0.15, 0.2) is 0 Å². The third kappa shape index (κ3) is 3.95. The first-order chi connectivity index (χ1) is 9.29. The molecule has 19 heavy (non-hydrogen) atoms. The molecule has 2 rings (SSSR count). The first kappa shape index (κ1) is 13.3. The molecular formula is C17H19NO. The van der Waals surface area contributed by atoms with E-state index in [2.05, 4.69) is 55.4 Å². The van der Waals surface area contributed by atoms with Crippen LogP contribution in [-0.4, -0.2) is 6.21 Å². The number of hydrogen-bond acceptors (Lipinski definition) is 2. The molecule has 0 aliphatic carbocycles. The molecule has 0 saturated heterocycles. The molecule has 0 aromatic heterocycles. The van der Waals surface area contributed by atoms with Gasteiger partial charge in [0.05, 0.1) is 6.21 Å². The van der Waals surface area contributed by atoms with Crippen molar-refractivity contribution in [2.45, 2.75) is 26.9 Å². The molecule has 0 fully saturated rings. The fraction of sp³-hybridized carbons (Fsp3) is 0.235. The molecule has 0 bridgehead atoms. The zero-order valence-electron chi connectivity index (χ0n) is 11.5. The Bertz CT molecular complexity index is 543. The van der Waals surface area contributed by atoms with E-state index in [1.54, 1.807) is 6.21 Å². The van der Waals surface area contributed by atoms with E-state index in [9.17, 15) is 0 Å². The van der Waals surface area contributed by atoms with Gasteiger partial charge < -0.3 is 4.84 Å². The monoisotopic (exact) mass is 253 g/mol. The molecule has 2 aromatic rings. The Hall–Kier alpha value is -2.09. The lowest BCUT2D eigenvalue weighted by Gasteiger charge is -2.03. The topological polar surface area (TPSA) is 21.6 Å². The largest absolute Gasteiger partial charge is 0.391 e. The number of benzene rings is 2. The van der Waals surface area contributed by atoms with Gasteiger partial charge in [-0.2, -0.15) is 0 Å². The van der Waals surface area contributed by atoms with Crippen LogP contribution in [0.1, 0.15) is 29.2 Å². The first-order valence-electron chi connectivity index (χ1n) is 6.58. The van der Waals surface area contributed by atoms with Crippen molar-refractivity contribution in [2.24, 2.45) is 5.16 Å². The molecular weight excluding hydrogens is 234 g/mol. The smallest absolute Gasteiger partial charge is 0.142 e. The van der Waals surface area contributed by atoms with Crippen molar-refractivity contribution in [3.8, 4) is 0 Å². The Balaban J connectivity index is 1.88. The van der Waals surface area contributed by atoms with Crippen LogP contribution in [0.25, 0.3) is 0 Å². The normalized spacial score (nSPS) is 10.8. The maximum absolute atomic E-state index is 5.33. The minimum absolute atomic E-state index is 0.510. The van der Waals surface area contributed by atoms with Crippen molar-refractivity contribution in [3.05, 3.63) is 70.8 Å². The van der Waals surface area contributed by atoms with Gasteiger partial charge in [-0.25, -0.2) is 0 Å². The van der Waals surface area contributed by atoms with Gasteiger partial charge in [0, 0.05) is 0 Å². The molecule has 0 heterocycles. The van der Waals surface area contributed by atoms with Crippen LogP contribution in [0.15, 0.2) is 53.7 Å². The van der Waals surface area contributed by atoms with Gasteiger partial charge in [-0.15, -0.1) is 0 Å². The average molecular weight is 253 g/mol. The third-order valence-electron chi connectivity index (χ3n) is 3.15. The van der Waals surface area contributed by atoms with E-state index < -0.39 is 0 Å². The standard InChI is InChI=1S/C17H19NO/c1-3-15-8-10-16(11-9-15)12-18-19-13-17-7-5-4-6-14(17)2/h4-12H,3,13H2,1-2H3. The van der Waals surface area contributed by atoms with E-state index in [1.807, 2.05) is 12.1 Å². The fourth-order valence-corrected chi connectivity index (χ4v) is 1.82. The second-order valence-electron chi connectivity index (χ2n) is 4.53. The summed E-state index contributed by atoms with van der Waals surface area (Å²) >= 11 is 0. The van der Waals surface area contributed by atoms with Crippen LogP contribution >= 0.6 is 0 Å². The van der Waals surface area contributed by atoms with Crippen LogP contribution in [0.2, 0.25) is 0 Å². The molecule has 0 spiro atoms. The predicted octanol–water partition coefficient (Wildman–Crippen LogP) is 4.11. The van der Waals surface area contributed by atoms with E-state index >= 15 is 0 Å². The highest BCUT2D eigenvalue weighted by Crippen LogP contribution is 2.08. The Labute approximate surface area is 114 Å². The van der Waals surface area contributed by atoms with Crippen LogP contribution in [-0.2, 0) is 17.9 Å². The highest BCUT2D eigenvalue weighted by molar-refractivity contribution is 5.79. The van der Waals surface area contributed by atoms with Crippen molar-refractivity contribution >= 4 is 6.21 Å². The summed E-state index contributed by atoms with van der Waals surface area (Å²) < 4.78 is 0. The third-order valence-corrected chi connectivity index (χ3v) is 3.15. The maximum atomic E-state index is 5.33. The summed E-state index contributed by atoms with van der Waals surface area (Å²) in [6.07, 6.45) is 2.80. The van der Waals surface area contributed by atoms with Crippen molar-refractivity contribution in [2.75, 3.05) is 0 Å². The SMILES string of the molecule is CCc1ccc(C=NOCc2ccccc2C)cc1. The molecule has 0 aliphatic heterocycles. The van der Waals surface area contributed by atoms with Gasteiger partial charge in [-0.1, -0.05) is 60.6 Å². The fourth-order valence-electron chi connectivity index (χ4n) is 1.82. The summed E-state index contributed by atoms with van der Waals surface area (Å²) in [4.78, 5) is 5.33. The Morgan fingerprint density at radius 3 is 2.47 bits per heavy atom. The molecule has 0 unspecified atom stereocenters. The van der Waals surface area contributed by atoms with Crippen molar-refractivity contribution in [3.63, 3.8) is 0 Å². The number of oxime groups is 1. The van der Waals surface area contributed by atoms with Gasteiger partial charge >= 0.3 is 0 Å². The summed E-state index contributed by atoms with van der Waals surface area (Å²) in [5.74, 6) is 0. The second kappa shape index (κ2) is 6.74. The summed E-state index contributed by atoms with van der Waals surface area (Å²) in [6.45, 7) is 4.73. The van der Waals surface area contributed by atoms with Gasteiger partial charge in [0.2, 0.25) is 0 Å². The average Bonchev–Trinajstić information content (AvgIpc) is 2.46. The summed E-state index contributed by atoms with van der Waals surface area (Å²) in [7, 11) is 0. The molecule has 0 radical (unpaired) electrons. The van der Waals surface area contributed by atoms with Crippen LogP contribution in [0.3, 0.4) is 0 Å². The Morgan fingerprint density at radius 2 is 1.79 bits per heavy atom. The molecule has 0 atom stereocenters.